The van der Waals surface area contributed by atoms with E-state index in [1.165, 1.54) is 0 Å². The topological polar surface area (TPSA) is 80.5 Å². The molecule has 108 valence electrons. The van der Waals surface area contributed by atoms with E-state index in [-0.39, 0.29) is 5.92 Å². The first-order valence-electron chi connectivity index (χ1n) is 6.81. The molecule has 0 radical (unpaired) electrons. The number of rotatable bonds is 6. The highest BCUT2D eigenvalue weighted by molar-refractivity contribution is 5.47. The Morgan fingerprint density at radius 2 is 2.00 bits per heavy atom. The third kappa shape index (κ3) is 3.23. The minimum absolute atomic E-state index is 0.281. The monoisotopic (exact) mass is 275 g/mol. The Morgan fingerprint density at radius 1 is 1.25 bits per heavy atom. The van der Waals surface area contributed by atoms with Crippen molar-refractivity contribution >= 4 is 11.6 Å². The standard InChI is InChI=1S/C13H21N7/c1-5-20-8-16-19-12(20)7-15-11-6-10(14-4)17-13(18-11)9(2)3/h6,8-9H,5,7H2,1-4H3,(H2,14,15,17,18). The average molecular weight is 275 g/mol. The van der Waals surface area contributed by atoms with E-state index < -0.39 is 0 Å². The smallest absolute Gasteiger partial charge is 0.152 e. The summed E-state index contributed by atoms with van der Waals surface area (Å²) in [6.45, 7) is 7.66. The second-order valence-electron chi connectivity index (χ2n) is 4.79. The first kappa shape index (κ1) is 14.2. The number of hydrogen-bond acceptors (Lipinski definition) is 6. The number of hydrogen-bond donors (Lipinski definition) is 2. The fraction of sp³-hybridized carbons (Fsp3) is 0.538. The molecule has 0 aliphatic carbocycles. The van der Waals surface area contributed by atoms with E-state index in [4.69, 9.17) is 0 Å². The molecule has 7 nitrogen and oxygen atoms in total. The van der Waals surface area contributed by atoms with Gasteiger partial charge in [0.2, 0.25) is 0 Å². The molecule has 2 N–H and O–H groups in total. The normalized spacial score (nSPS) is 10.8. The minimum atomic E-state index is 0.281. The summed E-state index contributed by atoms with van der Waals surface area (Å²) in [6.07, 6.45) is 1.73. The van der Waals surface area contributed by atoms with Crippen molar-refractivity contribution in [1.82, 2.24) is 24.7 Å². The van der Waals surface area contributed by atoms with Crippen LogP contribution in [0.25, 0.3) is 0 Å². The molecule has 0 aromatic carbocycles. The van der Waals surface area contributed by atoms with E-state index in [1.54, 1.807) is 6.33 Å². The van der Waals surface area contributed by atoms with Crippen molar-refractivity contribution in [2.75, 3.05) is 17.7 Å². The zero-order chi connectivity index (χ0) is 14.5. The summed E-state index contributed by atoms with van der Waals surface area (Å²) < 4.78 is 2.00. The molecule has 2 rings (SSSR count). The Bertz CT molecular complexity index is 562. The lowest BCUT2D eigenvalue weighted by atomic mass is 10.2. The fourth-order valence-electron chi connectivity index (χ4n) is 1.79. The summed E-state index contributed by atoms with van der Waals surface area (Å²) in [5.41, 5.74) is 0. The third-order valence-corrected chi connectivity index (χ3v) is 2.98. The summed E-state index contributed by atoms with van der Waals surface area (Å²) in [4.78, 5) is 8.95. The largest absolute Gasteiger partial charge is 0.373 e. The Balaban J connectivity index is 2.14. The molecule has 0 unspecified atom stereocenters. The maximum absolute atomic E-state index is 4.52. The van der Waals surface area contributed by atoms with Crippen LogP contribution in [0.1, 0.15) is 38.3 Å². The summed E-state index contributed by atoms with van der Waals surface area (Å²) in [5.74, 6) is 3.59. The zero-order valence-electron chi connectivity index (χ0n) is 12.4. The predicted octanol–water partition coefficient (Wildman–Crippen LogP) is 1.87. The molecule has 2 aromatic rings. The van der Waals surface area contributed by atoms with Crippen LogP contribution < -0.4 is 10.6 Å². The highest BCUT2D eigenvalue weighted by Crippen LogP contribution is 2.17. The first-order chi connectivity index (χ1) is 9.63. The summed E-state index contributed by atoms with van der Waals surface area (Å²) in [5, 5.41) is 14.3. The number of aromatic nitrogens is 5. The molecule has 0 aliphatic rings. The second kappa shape index (κ2) is 6.31. The van der Waals surface area contributed by atoms with Gasteiger partial charge in [0.1, 0.15) is 23.8 Å². The Hall–Kier alpha value is -2.18. The van der Waals surface area contributed by atoms with Crippen molar-refractivity contribution < 1.29 is 0 Å². The lowest BCUT2D eigenvalue weighted by molar-refractivity contribution is 0.706. The lowest BCUT2D eigenvalue weighted by Gasteiger charge is -2.11. The SMILES string of the molecule is CCn1cnnc1CNc1cc(NC)nc(C(C)C)n1. The second-order valence-corrected chi connectivity index (χ2v) is 4.79. The van der Waals surface area contributed by atoms with Gasteiger partial charge >= 0.3 is 0 Å². The molecule has 0 spiro atoms. The number of anilines is 2. The van der Waals surface area contributed by atoms with E-state index >= 15 is 0 Å². The summed E-state index contributed by atoms with van der Waals surface area (Å²) in [7, 11) is 1.85. The van der Waals surface area contributed by atoms with Crippen molar-refractivity contribution in [3.8, 4) is 0 Å². The van der Waals surface area contributed by atoms with Gasteiger partial charge in [-0.05, 0) is 6.92 Å². The van der Waals surface area contributed by atoms with Gasteiger partial charge < -0.3 is 15.2 Å². The van der Waals surface area contributed by atoms with Gasteiger partial charge in [-0.2, -0.15) is 0 Å². The van der Waals surface area contributed by atoms with Gasteiger partial charge in [-0.25, -0.2) is 9.97 Å². The maximum Gasteiger partial charge on any atom is 0.152 e. The van der Waals surface area contributed by atoms with Gasteiger partial charge in [-0.1, -0.05) is 13.8 Å². The van der Waals surface area contributed by atoms with Crippen molar-refractivity contribution in [3.05, 3.63) is 24.0 Å². The van der Waals surface area contributed by atoms with Gasteiger partial charge in [-0.3, -0.25) is 0 Å². The van der Waals surface area contributed by atoms with Crippen LogP contribution in [0.3, 0.4) is 0 Å². The van der Waals surface area contributed by atoms with Gasteiger partial charge in [-0.15, -0.1) is 10.2 Å². The minimum Gasteiger partial charge on any atom is -0.373 e. The Kier molecular flexibility index (Phi) is 4.49. The molecule has 0 saturated heterocycles. The molecule has 0 fully saturated rings. The molecular formula is C13H21N7. The third-order valence-electron chi connectivity index (χ3n) is 2.98. The number of nitrogens with zero attached hydrogens (tertiary/aromatic N) is 5. The van der Waals surface area contributed by atoms with Crippen LogP contribution in [-0.4, -0.2) is 31.8 Å². The van der Waals surface area contributed by atoms with Crippen molar-refractivity contribution in [2.45, 2.75) is 39.8 Å². The van der Waals surface area contributed by atoms with Crippen LogP contribution in [0.15, 0.2) is 12.4 Å². The van der Waals surface area contributed by atoms with Crippen molar-refractivity contribution in [2.24, 2.45) is 0 Å². The predicted molar refractivity (Wildman–Crippen MR) is 78.7 cm³/mol. The zero-order valence-corrected chi connectivity index (χ0v) is 12.4. The van der Waals surface area contributed by atoms with Crippen LogP contribution in [-0.2, 0) is 13.1 Å². The highest BCUT2D eigenvalue weighted by atomic mass is 15.3. The van der Waals surface area contributed by atoms with Crippen molar-refractivity contribution in [3.63, 3.8) is 0 Å². The summed E-state index contributed by atoms with van der Waals surface area (Å²) >= 11 is 0. The molecule has 0 aliphatic heterocycles. The quantitative estimate of drug-likeness (QED) is 0.837. The maximum atomic E-state index is 4.52. The van der Waals surface area contributed by atoms with Gasteiger partial charge in [0, 0.05) is 25.6 Å². The van der Waals surface area contributed by atoms with E-state index in [0.29, 0.717) is 6.54 Å². The van der Waals surface area contributed by atoms with Gasteiger partial charge in [0.05, 0.1) is 6.54 Å². The van der Waals surface area contributed by atoms with Gasteiger partial charge in [0.15, 0.2) is 5.82 Å². The van der Waals surface area contributed by atoms with E-state index in [9.17, 15) is 0 Å². The molecule has 2 aromatic heterocycles. The molecular weight excluding hydrogens is 254 g/mol. The van der Waals surface area contributed by atoms with E-state index in [0.717, 1.165) is 29.8 Å². The Morgan fingerprint density at radius 3 is 2.65 bits per heavy atom. The van der Waals surface area contributed by atoms with Crippen LogP contribution >= 0.6 is 0 Å². The van der Waals surface area contributed by atoms with Crippen molar-refractivity contribution in [1.29, 1.82) is 0 Å². The number of aryl methyl sites for hydroxylation is 1. The molecule has 20 heavy (non-hydrogen) atoms. The number of nitrogens with one attached hydrogen (secondary N) is 2. The lowest BCUT2D eigenvalue weighted by Crippen LogP contribution is -2.11. The van der Waals surface area contributed by atoms with Crippen LogP contribution in [0.4, 0.5) is 11.6 Å². The molecule has 0 amide bonds. The van der Waals surface area contributed by atoms with E-state index in [1.807, 2.05) is 17.7 Å². The van der Waals surface area contributed by atoms with Crippen LogP contribution in [0.5, 0.6) is 0 Å². The molecule has 0 saturated carbocycles. The first-order valence-corrected chi connectivity index (χ1v) is 6.81. The molecule has 7 heteroatoms. The van der Waals surface area contributed by atoms with Gasteiger partial charge in [0.25, 0.3) is 0 Å². The highest BCUT2D eigenvalue weighted by Gasteiger charge is 2.08. The fourth-order valence-corrected chi connectivity index (χ4v) is 1.79. The van der Waals surface area contributed by atoms with E-state index in [2.05, 4.69) is 51.6 Å². The average Bonchev–Trinajstić information content (AvgIpc) is 2.92. The van der Waals surface area contributed by atoms with Crippen LogP contribution in [0.2, 0.25) is 0 Å². The molecule has 0 atom stereocenters. The molecule has 2 heterocycles. The Labute approximate surface area is 118 Å². The van der Waals surface area contributed by atoms with Crippen LogP contribution in [0, 0.1) is 0 Å². The summed E-state index contributed by atoms with van der Waals surface area (Å²) in [6, 6.07) is 1.89. The molecule has 0 bridgehead atoms.